The minimum absolute atomic E-state index is 0.0365. The molecule has 0 spiro atoms. The Morgan fingerprint density at radius 2 is 1.93 bits per heavy atom. The number of nitrogens with two attached hydrogens (primary N) is 1. The molecule has 3 aliphatic rings. The van der Waals surface area contributed by atoms with Crippen molar-refractivity contribution >= 4 is 11.8 Å². The van der Waals surface area contributed by atoms with Crippen molar-refractivity contribution in [3.63, 3.8) is 0 Å². The Labute approximate surface area is 168 Å². The van der Waals surface area contributed by atoms with Gasteiger partial charge in [-0.25, -0.2) is 4.79 Å². The molecule has 0 unspecified atom stereocenters. The number of ether oxygens (including phenoxy) is 1. The van der Waals surface area contributed by atoms with Crippen molar-refractivity contribution < 1.29 is 9.53 Å². The third-order valence-electron chi connectivity index (χ3n) is 6.17. The van der Waals surface area contributed by atoms with Gasteiger partial charge in [-0.1, -0.05) is 12.1 Å². The zero-order valence-corrected chi connectivity index (χ0v) is 16.9. The molecule has 2 N–H and O–H groups in total. The SMILES string of the molecule is CN1CCN(Cc2cccc(N3CC[C@H](OC(=O)N4CC[C@@H](N)C4)C3)c2)CC1. The minimum Gasteiger partial charge on any atom is -0.444 e. The minimum atomic E-state index is -0.205. The van der Waals surface area contributed by atoms with Crippen molar-refractivity contribution in [2.24, 2.45) is 5.73 Å². The summed E-state index contributed by atoms with van der Waals surface area (Å²) < 4.78 is 5.73. The summed E-state index contributed by atoms with van der Waals surface area (Å²) in [4.78, 5) is 21.3. The number of nitrogens with zero attached hydrogens (tertiary/aromatic N) is 4. The number of rotatable bonds is 4. The normalized spacial score (nSPS) is 26.8. The highest BCUT2D eigenvalue weighted by Crippen LogP contribution is 2.24. The first kappa shape index (κ1) is 19.5. The van der Waals surface area contributed by atoms with Crippen LogP contribution in [0.15, 0.2) is 24.3 Å². The number of carbonyl (C=O) groups excluding carboxylic acids is 1. The van der Waals surface area contributed by atoms with Gasteiger partial charge < -0.3 is 25.2 Å². The van der Waals surface area contributed by atoms with Crippen LogP contribution in [0, 0.1) is 0 Å². The second-order valence-electron chi connectivity index (χ2n) is 8.48. The van der Waals surface area contributed by atoms with Gasteiger partial charge in [0.1, 0.15) is 6.10 Å². The van der Waals surface area contributed by atoms with Gasteiger partial charge in [0, 0.05) is 70.5 Å². The van der Waals surface area contributed by atoms with Crippen LogP contribution in [0.2, 0.25) is 0 Å². The van der Waals surface area contributed by atoms with Gasteiger partial charge >= 0.3 is 6.09 Å². The average molecular weight is 388 g/mol. The second kappa shape index (κ2) is 8.68. The van der Waals surface area contributed by atoms with E-state index in [-0.39, 0.29) is 18.2 Å². The van der Waals surface area contributed by atoms with Gasteiger partial charge in [-0.05, 0) is 31.2 Å². The fourth-order valence-corrected chi connectivity index (χ4v) is 4.34. The Balaban J connectivity index is 1.29. The number of likely N-dealkylation sites (tertiary alicyclic amines) is 1. The molecule has 0 aliphatic carbocycles. The van der Waals surface area contributed by atoms with E-state index in [1.165, 1.54) is 11.3 Å². The van der Waals surface area contributed by atoms with Crippen molar-refractivity contribution in [3.05, 3.63) is 29.8 Å². The first-order valence-corrected chi connectivity index (χ1v) is 10.5. The van der Waals surface area contributed by atoms with E-state index in [0.717, 1.165) is 58.7 Å². The van der Waals surface area contributed by atoms with Crippen molar-refractivity contribution in [3.8, 4) is 0 Å². The fourth-order valence-electron chi connectivity index (χ4n) is 4.34. The summed E-state index contributed by atoms with van der Waals surface area (Å²) in [5.74, 6) is 0. The van der Waals surface area contributed by atoms with Crippen molar-refractivity contribution in [1.29, 1.82) is 0 Å². The number of amides is 1. The third-order valence-corrected chi connectivity index (χ3v) is 6.17. The van der Waals surface area contributed by atoms with Crippen LogP contribution in [0.1, 0.15) is 18.4 Å². The van der Waals surface area contributed by atoms with Gasteiger partial charge in [0.2, 0.25) is 0 Å². The molecule has 0 bridgehead atoms. The Bertz CT molecular complexity index is 677. The molecule has 0 radical (unpaired) electrons. The third kappa shape index (κ3) is 4.77. The van der Waals surface area contributed by atoms with E-state index >= 15 is 0 Å². The lowest BCUT2D eigenvalue weighted by molar-refractivity contribution is 0.0772. The maximum atomic E-state index is 12.3. The van der Waals surface area contributed by atoms with Crippen LogP contribution in [0.25, 0.3) is 0 Å². The van der Waals surface area contributed by atoms with Crippen molar-refractivity contribution in [2.45, 2.75) is 31.5 Å². The molecule has 154 valence electrons. The molecule has 28 heavy (non-hydrogen) atoms. The van der Waals surface area contributed by atoms with E-state index < -0.39 is 0 Å². The van der Waals surface area contributed by atoms with Crippen molar-refractivity contribution in [2.75, 3.05) is 64.3 Å². The Kier molecular flexibility index (Phi) is 6.04. The molecule has 1 amide bonds. The second-order valence-corrected chi connectivity index (χ2v) is 8.48. The topological polar surface area (TPSA) is 65.3 Å². The highest BCUT2D eigenvalue weighted by atomic mass is 16.6. The Morgan fingerprint density at radius 1 is 1.11 bits per heavy atom. The van der Waals surface area contributed by atoms with Crippen LogP contribution in [0.5, 0.6) is 0 Å². The summed E-state index contributed by atoms with van der Waals surface area (Å²) >= 11 is 0. The predicted molar refractivity (Wildman–Crippen MR) is 110 cm³/mol. The molecule has 7 heteroatoms. The number of hydrogen-bond acceptors (Lipinski definition) is 6. The van der Waals surface area contributed by atoms with Gasteiger partial charge in [0.25, 0.3) is 0 Å². The van der Waals surface area contributed by atoms with Crippen LogP contribution >= 0.6 is 0 Å². The monoisotopic (exact) mass is 387 g/mol. The van der Waals surface area contributed by atoms with Crippen LogP contribution in [0.3, 0.4) is 0 Å². The molecular formula is C21H33N5O2. The van der Waals surface area contributed by atoms with Gasteiger partial charge in [0.05, 0.1) is 6.54 Å². The summed E-state index contributed by atoms with van der Waals surface area (Å²) in [6, 6.07) is 8.91. The number of benzene rings is 1. The summed E-state index contributed by atoms with van der Waals surface area (Å²) in [7, 11) is 2.19. The summed E-state index contributed by atoms with van der Waals surface area (Å²) in [5.41, 5.74) is 8.48. The van der Waals surface area contributed by atoms with Gasteiger partial charge in [-0.15, -0.1) is 0 Å². The molecule has 3 saturated heterocycles. The molecule has 3 heterocycles. The zero-order chi connectivity index (χ0) is 19.5. The first-order chi connectivity index (χ1) is 13.6. The number of likely N-dealkylation sites (N-methyl/N-ethyl adjacent to an activating group) is 1. The molecule has 1 aromatic rings. The molecule has 0 aromatic heterocycles. The lowest BCUT2D eigenvalue weighted by atomic mass is 10.1. The number of piperazine rings is 1. The van der Waals surface area contributed by atoms with Gasteiger partial charge in [-0.3, -0.25) is 4.90 Å². The predicted octanol–water partition coefficient (Wildman–Crippen LogP) is 1.18. The summed E-state index contributed by atoms with van der Waals surface area (Å²) in [6.07, 6.45) is 1.51. The van der Waals surface area contributed by atoms with E-state index in [9.17, 15) is 4.79 Å². The van der Waals surface area contributed by atoms with E-state index in [4.69, 9.17) is 10.5 Å². The number of hydrogen-bond donors (Lipinski definition) is 1. The largest absolute Gasteiger partial charge is 0.444 e. The molecule has 2 atom stereocenters. The molecule has 3 aliphatic heterocycles. The maximum Gasteiger partial charge on any atom is 0.410 e. The van der Waals surface area contributed by atoms with E-state index in [1.54, 1.807) is 4.90 Å². The first-order valence-electron chi connectivity index (χ1n) is 10.5. The van der Waals surface area contributed by atoms with Crippen LogP contribution in [-0.2, 0) is 11.3 Å². The Morgan fingerprint density at radius 3 is 2.68 bits per heavy atom. The molecular weight excluding hydrogens is 354 g/mol. The van der Waals surface area contributed by atoms with E-state index in [1.807, 2.05) is 0 Å². The van der Waals surface area contributed by atoms with Gasteiger partial charge in [0.15, 0.2) is 0 Å². The molecule has 1 aromatic carbocycles. The Hall–Kier alpha value is -1.83. The van der Waals surface area contributed by atoms with Crippen LogP contribution in [0.4, 0.5) is 10.5 Å². The standard InChI is InChI=1S/C21H33N5O2/c1-23-9-11-24(12-10-23)14-17-3-2-4-19(13-17)25-8-6-20(16-25)28-21(27)26-7-5-18(22)15-26/h2-4,13,18,20H,5-12,14-16,22H2,1H3/t18-,20+/m1/s1. The quantitative estimate of drug-likeness (QED) is 0.837. The van der Waals surface area contributed by atoms with E-state index in [0.29, 0.717) is 13.1 Å². The maximum absolute atomic E-state index is 12.3. The molecule has 7 nitrogen and oxygen atoms in total. The smallest absolute Gasteiger partial charge is 0.410 e. The number of carbonyl (C=O) groups is 1. The van der Waals surface area contributed by atoms with Crippen molar-refractivity contribution in [1.82, 2.24) is 14.7 Å². The lowest BCUT2D eigenvalue weighted by Gasteiger charge is -2.32. The highest BCUT2D eigenvalue weighted by Gasteiger charge is 2.30. The van der Waals surface area contributed by atoms with Crippen LogP contribution < -0.4 is 10.6 Å². The molecule has 3 fully saturated rings. The zero-order valence-electron chi connectivity index (χ0n) is 16.9. The summed E-state index contributed by atoms with van der Waals surface area (Å²) in [6.45, 7) is 8.56. The summed E-state index contributed by atoms with van der Waals surface area (Å²) in [5, 5.41) is 0. The highest BCUT2D eigenvalue weighted by molar-refractivity contribution is 5.68. The lowest BCUT2D eigenvalue weighted by Crippen LogP contribution is -2.43. The average Bonchev–Trinajstić information content (AvgIpc) is 3.33. The van der Waals surface area contributed by atoms with Gasteiger partial charge in [-0.2, -0.15) is 0 Å². The molecule has 4 rings (SSSR count). The molecule has 0 saturated carbocycles. The van der Waals surface area contributed by atoms with E-state index in [2.05, 4.69) is 46.0 Å². The fraction of sp³-hybridized carbons (Fsp3) is 0.667. The van der Waals surface area contributed by atoms with Crippen LogP contribution in [-0.4, -0.2) is 92.3 Å². The number of anilines is 1.